The fraction of sp³-hybridized carbons (Fsp3) is 0.250. The molecule has 0 radical (unpaired) electrons. The molecule has 0 fully saturated rings. The van der Waals surface area contributed by atoms with Crippen LogP contribution in [0.1, 0.15) is 0 Å². The Morgan fingerprint density at radius 1 is 1.03 bits per heavy atom. The van der Waals surface area contributed by atoms with E-state index in [1.807, 2.05) is 0 Å². The second-order valence-electron chi connectivity index (χ2n) is 5.88. The summed E-state index contributed by atoms with van der Waals surface area (Å²) in [6, 6.07) is 9.84. The van der Waals surface area contributed by atoms with Crippen molar-refractivity contribution < 1.29 is 28.2 Å². The van der Waals surface area contributed by atoms with Crippen molar-refractivity contribution in [3.63, 3.8) is 0 Å². The van der Waals surface area contributed by atoms with Gasteiger partial charge in [0.25, 0.3) is 0 Å². The van der Waals surface area contributed by atoms with Crippen LogP contribution in [0.2, 0.25) is 0 Å². The molecule has 158 valence electrons. The first-order chi connectivity index (χ1) is 14.6. The zero-order chi connectivity index (χ0) is 21.3. The van der Waals surface area contributed by atoms with E-state index in [9.17, 15) is 4.79 Å². The van der Waals surface area contributed by atoms with Gasteiger partial charge in [-0.25, -0.2) is 4.79 Å². The van der Waals surface area contributed by atoms with Gasteiger partial charge in [-0.3, -0.25) is 0 Å². The standard InChI is InChI=1S/C20H22N4O6/c1-26-16-11-13(12-17(27-2)19(16)28-3)22-20(25)21-8-10-30-18-7-6-14(23-24-18)15-5-4-9-29-15/h4-7,9,11-12H,8,10H2,1-3H3,(H2,21,22,25). The van der Waals surface area contributed by atoms with Crippen LogP contribution in [0.25, 0.3) is 11.5 Å². The average Bonchev–Trinajstić information content (AvgIpc) is 3.31. The molecule has 0 aliphatic rings. The van der Waals surface area contributed by atoms with E-state index < -0.39 is 6.03 Å². The van der Waals surface area contributed by atoms with Gasteiger partial charge in [-0.1, -0.05) is 0 Å². The van der Waals surface area contributed by atoms with Crippen LogP contribution >= 0.6 is 0 Å². The second kappa shape index (κ2) is 10.0. The summed E-state index contributed by atoms with van der Waals surface area (Å²) >= 11 is 0. The summed E-state index contributed by atoms with van der Waals surface area (Å²) < 4.78 is 26.5. The number of methoxy groups -OCH3 is 3. The lowest BCUT2D eigenvalue weighted by atomic mass is 10.2. The number of ether oxygens (including phenoxy) is 4. The normalized spacial score (nSPS) is 10.2. The van der Waals surface area contributed by atoms with Gasteiger partial charge in [-0.2, -0.15) is 0 Å². The fourth-order valence-corrected chi connectivity index (χ4v) is 2.60. The monoisotopic (exact) mass is 414 g/mol. The molecule has 3 rings (SSSR count). The zero-order valence-corrected chi connectivity index (χ0v) is 16.8. The van der Waals surface area contributed by atoms with E-state index >= 15 is 0 Å². The summed E-state index contributed by atoms with van der Waals surface area (Å²) in [5.74, 6) is 2.29. The molecule has 2 aromatic heterocycles. The third-order valence-corrected chi connectivity index (χ3v) is 3.97. The summed E-state index contributed by atoms with van der Waals surface area (Å²) in [6.45, 7) is 0.481. The number of hydrogen-bond donors (Lipinski definition) is 2. The predicted octanol–water partition coefficient (Wildman–Crippen LogP) is 2.96. The van der Waals surface area contributed by atoms with Gasteiger partial charge in [0.1, 0.15) is 12.3 Å². The first-order valence-electron chi connectivity index (χ1n) is 9.00. The summed E-state index contributed by atoms with van der Waals surface area (Å²) in [5.41, 5.74) is 1.09. The van der Waals surface area contributed by atoms with Crippen LogP contribution in [0.5, 0.6) is 23.1 Å². The van der Waals surface area contributed by atoms with Crippen LogP contribution in [-0.4, -0.2) is 50.7 Å². The van der Waals surface area contributed by atoms with Gasteiger partial charge in [0.2, 0.25) is 11.6 Å². The van der Waals surface area contributed by atoms with Gasteiger partial charge in [-0.05, 0) is 18.2 Å². The molecular weight excluding hydrogens is 392 g/mol. The Morgan fingerprint density at radius 3 is 2.37 bits per heavy atom. The van der Waals surface area contributed by atoms with Crippen LogP contribution in [0.3, 0.4) is 0 Å². The minimum absolute atomic E-state index is 0.220. The number of carbonyl (C=O) groups excluding carboxylic acids is 1. The molecule has 2 N–H and O–H groups in total. The molecule has 0 aliphatic carbocycles. The van der Waals surface area contributed by atoms with Crippen molar-refractivity contribution in [1.82, 2.24) is 15.5 Å². The molecule has 0 aliphatic heterocycles. The van der Waals surface area contributed by atoms with Gasteiger partial charge in [-0.15, -0.1) is 10.2 Å². The third-order valence-electron chi connectivity index (χ3n) is 3.97. The van der Waals surface area contributed by atoms with Crippen LogP contribution in [0.15, 0.2) is 47.1 Å². The van der Waals surface area contributed by atoms with Crippen molar-refractivity contribution in [3.05, 3.63) is 42.7 Å². The maximum absolute atomic E-state index is 12.1. The van der Waals surface area contributed by atoms with Crippen molar-refractivity contribution in [1.29, 1.82) is 0 Å². The molecule has 0 saturated carbocycles. The Labute approximate surface area is 173 Å². The Balaban J connectivity index is 1.47. The smallest absolute Gasteiger partial charge is 0.319 e. The van der Waals surface area contributed by atoms with Crippen molar-refractivity contribution in [3.8, 4) is 34.6 Å². The topological polar surface area (TPSA) is 117 Å². The Kier molecular flexibility index (Phi) is 6.93. The Hall–Kier alpha value is -3.95. The molecule has 10 nitrogen and oxygen atoms in total. The molecule has 0 atom stereocenters. The third kappa shape index (κ3) is 5.10. The molecule has 0 bridgehead atoms. The Bertz CT molecular complexity index is 935. The summed E-state index contributed by atoms with van der Waals surface area (Å²) in [5, 5.41) is 13.4. The van der Waals surface area contributed by atoms with Crippen molar-refractivity contribution in [2.75, 3.05) is 39.8 Å². The molecule has 0 spiro atoms. The molecule has 3 aromatic rings. The lowest BCUT2D eigenvalue weighted by Gasteiger charge is -2.15. The number of amides is 2. The van der Waals surface area contributed by atoms with Crippen molar-refractivity contribution in [2.24, 2.45) is 0 Å². The zero-order valence-electron chi connectivity index (χ0n) is 16.8. The SMILES string of the molecule is COc1cc(NC(=O)NCCOc2ccc(-c3ccco3)nn2)cc(OC)c1OC. The van der Waals surface area contributed by atoms with E-state index in [2.05, 4.69) is 20.8 Å². The van der Waals surface area contributed by atoms with Crippen molar-refractivity contribution in [2.45, 2.75) is 0 Å². The molecule has 0 saturated heterocycles. The maximum atomic E-state index is 12.1. The number of rotatable bonds is 9. The highest BCUT2D eigenvalue weighted by molar-refractivity contribution is 5.90. The molecule has 0 unspecified atom stereocenters. The second-order valence-corrected chi connectivity index (χ2v) is 5.88. The minimum Gasteiger partial charge on any atom is -0.493 e. The number of nitrogens with zero attached hydrogens (tertiary/aromatic N) is 2. The lowest BCUT2D eigenvalue weighted by molar-refractivity contribution is 0.246. The number of aromatic nitrogens is 2. The predicted molar refractivity (Wildman–Crippen MR) is 108 cm³/mol. The van der Waals surface area contributed by atoms with E-state index in [1.54, 1.807) is 42.7 Å². The highest BCUT2D eigenvalue weighted by atomic mass is 16.5. The van der Waals surface area contributed by atoms with Gasteiger partial charge in [0.05, 0.1) is 39.8 Å². The van der Waals surface area contributed by atoms with Crippen LogP contribution in [0.4, 0.5) is 10.5 Å². The van der Waals surface area contributed by atoms with Crippen LogP contribution < -0.4 is 29.6 Å². The number of carbonyl (C=O) groups is 1. The molecule has 2 amide bonds. The molecule has 1 aromatic carbocycles. The molecule has 2 heterocycles. The highest BCUT2D eigenvalue weighted by Crippen LogP contribution is 2.39. The first-order valence-corrected chi connectivity index (χ1v) is 9.00. The molecule has 30 heavy (non-hydrogen) atoms. The van der Waals surface area contributed by atoms with E-state index in [-0.39, 0.29) is 13.2 Å². The van der Waals surface area contributed by atoms with E-state index in [0.717, 1.165) is 0 Å². The van der Waals surface area contributed by atoms with Crippen molar-refractivity contribution >= 4 is 11.7 Å². The number of benzene rings is 1. The number of urea groups is 1. The van der Waals surface area contributed by atoms with Gasteiger partial charge in [0.15, 0.2) is 17.3 Å². The molecule has 10 heteroatoms. The number of furan rings is 1. The number of hydrogen-bond acceptors (Lipinski definition) is 8. The lowest BCUT2D eigenvalue weighted by Crippen LogP contribution is -2.32. The largest absolute Gasteiger partial charge is 0.493 e. The van der Waals surface area contributed by atoms with E-state index in [0.29, 0.717) is 40.3 Å². The summed E-state index contributed by atoms with van der Waals surface area (Å²) in [7, 11) is 4.51. The number of nitrogens with one attached hydrogen (secondary N) is 2. The van der Waals surface area contributed by atoms with Gasteiger partial charge in [0, 0.05) is 18.2 Å². The van der Waals surface area contributed by atoms with Crippen LogP contribution in [0, 0.1) is 0 Å². The summed E-state index contributed by atoms with van der Waals surface area (Å²) in [4.78, 5) is 12.1. The summed E-state index contributed by atoms with van der Waals surface area (Å²) in [6.07, 6.45) is 1.57. The maximum Gasteiger partial charge on any atom is 0.319 e. The fourth-order valence-electron chi connectivity index (χ4n) is 2.60. The van der Waals surface area contributed by atoms with E-state index in [1.165, 1.54) is 21.3 Å². The average molecular weight is 414 g/mol. The van der Waals surface area contributed by atoms with Crippen LogP contribution in [-0.2, 0) is 0 Å². The van der Waals surface area contributed by atoms with E-state index in [4.69, 9.17) is 23.4 Å². The number of anilines is 1. The van der Waals surface area contributed by atoms with Gasteiger partial charge < -0.3 is 34.0 Å². The quantitative estimate of drug-likeness (QED) is 0.513. The first kappa shape index (κ1) is 20.8. The minimum atomic E-state index is -0.410. The molecular formula is C20H22N4O6. The van der Waals surface area contributed by atoms with Gasteiger partial charge >= 0.3 is 6.03 Å². The Morgan fingerprint density at radius 2 is 1.80 bits per heavy atom. The highest BCUT2D eigenvalue weighted by Gasteiger charge is 2.14.